The molecule has 0 atom stereocenters. The topological polar surface area (TPSA) is 53.4 Å². The molecule has 0 saturated heterocycles. The molecule has 0 unspecified atom stereocenters. The van der Waals surface area contributed by atoms with Gasteiger partial charge in [0.05, 0.1) is 5.69 Å². The molecular formula is C13H18Br2N2O2. The standard InChI is InChI=1S/C13H18Br2N2O2/c1-9(2)17(5-3-4-13(18)19)8-12-11(15)6-10(14)7-16-12/h6-7,9H,3-5,8H2,1-2H3,(H,18,19). The van der Waals surface area contributed by atoms with Gasteiger partial charge in [-0.25, -0.2) is 0 Å². The third-order valence-corrected chi connectivity index (χ3v) is 3.92. The Morgan fingerprint density at radius 2 is 2.16 bits per heavy atom. The molecule has 0 bridgehead atoms. The minimum atomic E-state index is -0.744. The fraction of sp³-hybridized carbons (Fsp3) is 0.538. The van der Waals surface area contributed by atoms with Gasteiger partial charge in [0, 0.05) is 34.1 Å². The Morgan fingerprint density at radius 1 is 1.47 bits per heavy atom. The van der Waals surface area contributed by atoms with Crippen LogP contribution in [0.2, 0.25) is 0 Å². The number of aliphatic carboxylic acids is 1. The molecule has 0 aromatic carbocycles. The highest BCUT2D eigenvalue weighted by Gasteiger charge is 2.13. The van der Waals surface area contributed by atoms with E-state index in [1.54, 1.807) is 6.20 Å². The minimum absolute atomic E-state index is 0.207. The van der Waals surface area contributed by atoms with E-state index in [-0.39, 0.29) is 6.42 Å². The first kappa shape index (κ1) is 16.6. The summed E-state index contributed by atoms with van der Waals surface area (Å²) in [4.78, 5) is 17.2. The van der Waals surface area contributed by atoms with E-state index in [0.29, 0.717) is 19.0 Å². The Bertz CT molecular complexity index is 439. The number of aromatic nitrogens is 1. The molecule has 1 rings (SSSR count). The number of pyridine rings is 1. The summed E-state index contributed by atoms with van der Waals surface area (Å²) in [7, 11) is 0. The largest absolute Gasteiger partial charge is 0.481 e. The van der Waals surface area contributed by atoms with Crippen LogP contribution in [0.3, 0.4) is 0 Å². The molecule has 1 N–H and O–H groups in total. The molecule has 0 aliphatic carbocycles. The Balaban J connectivity index is 2.64. The van der Waals surface area contributed by atoms with Gasteiger partial charge in [0.2, 0.25) is 0 Å². The molecule has 19 heavy (non-hydrogen) atoms. The van der Waals surface area contributed by atoms with Gasteiger partial charge >= 0.3 is 5.97 Å². The average molecular weight is 394 g/mol. The molecule has 106 valence electrons. The maximum absolute atomic E-state index is 10.6. The third kappa shape index (κ3) is 6.01. The van der Waals surface area contributed by atoms with Crippen molar-refractivity contribution in [2.75, 3.05) is 6.54 Å². The van der Waals surface area contributed by atoms with Crippen LogP contribution >= 0.6 is 31.9 Å². The van der Waals surface area contributed by atoms with Gasteiger partial charge in [-0.05, 0) is 64.7 Å². The van der Waals surface area contributed by atoms with Crippen molar-refractivity contribution in [1.82, 2.24) is 9.88 Å². The van der Waals surface area contributed by atoms with Crippen molar-refractivity contribution in [3.05, 3.63) is 26.9 Å². The molecule has 1 heterocycles. The van der Waals surface area contributed by atoms with E-state index >= 15 is 0 Å². The summed E-state index contributed by atoms with van der Waals surface area (Å²) < 4.78 is 1.90. The Kier molecular flexibility index (Phi) is 6.96. The molecule has 1 aromatic heterocycles. The monoisotopic (exact) mass is 392 g/mol. The van der Waals surface area contributed by atoms with Gasteiger partial charge in [-0.15, -0.1) is 0 Å². The van der Waals surface area contributed by atoms with Crippen molar-refractivity contribution in [1.29, 1.82) is 0 Å². The third-order valence-electron chi connectivity index (χ3n) is 2.80. The number of hydrogen-bond donors (Lipinski definition) is 1. The minimum Gasteiger partial charge on any atom is -0.481 e. The summed E-state index contributed by atoms with van der Waals surface area (Å²) in [5, 5.41) is 8.69. The predicted molar refractivity (Wildman–Crippen MR) is 82.1 cm³/mol. The van der Waals surface area contributed by atoms with Crippen LogP contribution in [0.4, 0.5) is 0 Å². The molecule has 0 spiro atoms. The second kappa shape index (κ2) is 7.97. The molecule has 1 aromatic rings. The van der Waals surface area contributed by atoms with Crippen molar-refractivity contribution in [2.24, 2.45) is 0 Å². The summed E-state index contributed by atoms with van der Waals surface area (Å²) >= 11 is 6.88. The lowest BCUT2D eigenvalue weighted by Crippen LogP contribution is -2.32. The second-order valence-corrected chi connectivity index (χ2v) is 6.41. The lowest BCUT2D eigenvalue weighted by Gasteiger charge is -2.26. The van der Waals surface area contributed by atoms with Crippen LogP contribution in [-0.2, 0) is 11.3 Å². The summed E-state index contributed by atoms with van der Waals surface area (Å²) in [5.41, 5.74) is 0.965. The Hall–Kier alpha value is -0.460. The smallest absolute Gasteiger partial charge is 0.303 e. The zero-order chi connectivity index (χ0) is 14.4. The zero-order valence-electron chi connectivity index (χ0n) is 11.1. The Labute approximate surface area is 130 Å². The summed E-state index contributed by atoms with van der Waals surface area (Å²) in [6, 6.07) is 2.32. The molecule has 0 fully saturated rings. The van der Waals surface area contributed by atoms with Gasteiger partial charge in [-0.3, -0.25) is 14.7 Å². The average Bonchev–Trinajstić information content (AvgIpc) is 2.30. The predicted octanol–water partition coefficient (Wildman–Crippen LogP) is 3.68. The van der Waals surface area contributed by atoms with Crippen molar-refractivity contribution >= 4 is 37.8 Å². The zero-order valence-corrected chi connectivity index (χ0v) is 14.2. The molecule has 0 aliphatic heterocycles. The van der Waals surface area contributed by atoms with Crippen molar-refractivity contribution < 1.29 is 9.90 Å². The van der Waals surface area contributed by atoms with Crippen molar-refractivity contribution in [3.63, 3.8) is 0 Å². The van der Waals surface area contributed by atoms with E-state index in [2.05, 4.69) is 55.6 Å². The molecule has 6 heteroatoms. The Morgan fingerprint density at radius 3 is 2.68 bits per heavy atom. The number of rotatable bonds is 7. The van der Waals surface area contributed by atoms with Crippen LogP contribution in [0.25, 0.3) is 0 Å². The van der Waals surface area contributed by atoms with Gasteiger partial charge in [0.25, 0.3) is 0 Å². The summed E-state index contributed by atoms with van der Waals surface area (Å²) in [6.45, 7) is 5.68. The fourth-order valence-corrected chi connectivity index (χ4v) is 2.82. The molecule has 0 saturated carbocycles. The molecule has 0 radical (unpaired) electrons. The van der Waals surface area contributed by atoms with E-state index in [4.69, 9.17) is 5.11 Å². The van der Waals surface area contributed by atoms with Crippen LogP contribution < -0.4 is 0 Å². The van der Waals surface area contributed by atoms with E-state index in [9.17, 15) is 4.79 Å². The van der Waals surface area contributed by atoms with Crippen molar-refractivity contribution in [2.45, 2.75) is 39.3 Å². The van der Waals surface area contributed by atoms with Crippen LogP contribution in [0, 0.1) is 0 Å². The maximum atomic E-state index is 10.6. The lowest BCUT2D eigenvalue weighted by atomic mass is 10.2. The fourth-order valence-electron chi connectivity index (χ4n) is 1.70. The van der Waals surface area contributed by atoms with Gasteiger partial charge in [0.1, 0.15) is 0 Å². The van der Waals surface area contributed by atoms with Gasteiger partial charge in [-0.2, -0.15) is 0 Å². The summed E-state index contributed by atoms with van der Waals surface area (Å²) in [6.07, 6.45) is 2.63. The molecule has 4 nitrogen and oxygen atoms in total. The van der Waals surface area contributed by atoms with Crippen molar-refractivity contribution in [3.8, 4) is 0 Å². The highest BCUT2D eigenvalue weighted by atomic mass is 79.9. The quantitative estimate of drug-likeness (QED) is 0.767. The normalized spacial score (nSPS) is 11.3. The first-order valence-electron chi connectivity index (χ1n) is 6.16. The second-order valence-electron chi connectivity index (χ2n) is 4.64. The number of nitrogens with zero attached hydrogens (tertiary/aromatic N) is 2. The van der Waals surface area contributed by atoms with Crippen LogP contribution in [0.5, 0.6) is 0 Å². The van der Waals surface area contributed by atoms with E-state index < -0.39 is 5.97 Å². The number of hydrogen-bond acceptors (Lipinski definition) is 3. The molecule has 0 amide bonds. The number of carboxylic acid groups (broad SMARTS) is 1. The first-order chi connectivity index (χ1) is 8.90. The number of halogens is 2. The van der Waals surface area contributed by atoms with Crippen LogP contribution in [-0.4, -0.2) is 33.5 Å². The lowest BCUT2D eigenvalue weighted by molar-refractivity contribution is -0.137. The number of carbonyl (C=O) groups is 1. The maximum Gasteiger partial charge on any atom is 0.303 e. The van der Waals surface area contributed by atoms with Gasteiger partial charge < -0.3 is 5.11 Å². The number of carboxylic acids is 1. The SMILES string of the molecule is CC(C)N(CCCC(=O)O)Cc1ncc(Br)cc1Br. The van der Waals surface area contributed by atoms with Crippen LogP contribution in [0.15, 0.2) is 21.2 Å². The highest BCUT2D eigenvalue weighted by Crippen LogP contribution is 2.21. The van der Waals surface area contributed by atoms with Gasteiger partial charge in [-0.1, -0.05) is 0 Å². The highest BCUT2D eigenvalue weighted by molar-refractivity contribution is 9.11. The van der Waals surface area contributed by atoms with Crippen LogP contribution in [0.1, 0.15) is 32.4 Å². The summed E-state index contributed by atoms with van der Waals surface area (Å²) in [5.74, 6) is -0.744. The van der Waals surface area contributed by atoms with Gasteiger partial charge in [0.15, 0.2) is 0 Å². The molecule has 0 aliphatic rings. The van der Waals surface area contributed by atoms with E-state index in [1.165, 1.54) is 0 Å². The van der Waals surface area contributed by atoms with E-state index in [1.807, 2.05) is 6.07 Å². The molecular weight excluding hydrogens is 376 g/mol. The van der Waals surface area contributed by atoms with E-state index in [0.717, 1.165) is 21.2 Å². The first-order valence-corrected chi connectivity index (χ1v) is 7.74.